The van der Waals surface area contributed by atoms with E-state index in [4.69, 9.17) is 0 Å². The highest BCUT2D eigenvalue weighted by Gasteiger charge is 2.24. The largest absolute Gasteiger partial charge is 0.192 e. The molecule has 0 fully saturated rings. The van der Waals surface area contributed by atoms with Crippen molar-refractivity contribution in [2.24, 2.45) is 0 Å². The van der Waals surface area contributed by atoms with Gasteiger partial charge in [-0.15, -0.1) is 57.1 Å². The maximum Gasteiger partial charge on any atom is 0.130 e. The van der Waals surface area contributed by atoms with Crippen LogP contribution in [-0.2, 0) is 0 Å². The van der Waals surface area contributed by atoms with Crippen LogP contribution in [0.4, 0.5) is 0 Å². The Morgan fingerprint density at radius 3 is 1.80 bits per heavy atom. The number of rotatable bonds is 7. The van der Waals surface area contributed by atoms with Gasteiger partial charge in [-0.2, -0.15) is 21.0 Å². The van der Waals surface area contributed by atoms with Gasteiger partial charge in [-0.3, -0.25) is 0 Å². The van der Waals surface area contributed by atoms with Crippen LogP contribution in [-0.4, -0.2) is 0 Å². The van der Waals surface area contributed by atoms with E-state index in [-0.39, 0.29) is 11.1 Å². The fourth-order valence-electron chi connectivity index (χ4n) is 4.79. The summed E-state index contributed by atoms with van der Waals surface area (Å²) in [7, 11) is 0. The Balaban J connectivity index is 1.40. The Morgan fingerprint density at radius 2 is 1.23 bits per heavy atom. The molecule has 210 valence electrons. The van der Waals surface area contributed by atoms with Crippen molar-refractivity contribution >= 4 is 74.2 Å². The van der Waals surface area contributed by atoms with Gasteiger partial charge in [0.15, 0.2) is 0 Å². The summed E-state index contributed by atoms with van der Waals surface area (Å²) in [6.07, 6.45) is 6.56. The molecular weight excluding hydrogens is 637 g/mol. The van der Waals surface area contributed by atoms with Crippen LogP contribution in [0, 0.1) is 52.2 Å². The van der Waals surface area contributed by atoms with Gasteiger partial charge in [-0.05, 0) is 78.6 Å². The molecule has 5 aromatic rings. The van der Waals surface area contributed by atoms with Gasteiger partial charge in [0.1, 0.15) is 35.4 Å². The average molecular weight is 657 g/mol. The molecule has 4 nitrogen and oxygen atoms in total. The third kappa shape index (κ3) is 6.12. The quantitative estimate of drug-likeness (QED) is 0.162. The first-order valence-electron chi connectivity index (χ1n) is 13.4. The van der Waals surface area contributed by atoms with E-state index in [1.54, 1.807) is 57.5 Å². The third-order valence-corrected chi connectivity index (χ3v) is 13.3. The molecule has 1 aliphatic heterocycles. The molecule has 1 aliphatic rings. The number of benzene rings is 1. The minimum absolute atomic E-state index is 0.0572. The van der Waals surface area contributed by atoms with Crippen LogP contribution in [0.15, 0.2) is 84.0 Å². The lowest BCUT2D eigenvalue weighted by Gasteiger charge is -2.09. The second-order valence-electron chi connectivity index (χ2n) is 9.75. The number of allylic oxidation sites excluding steroid dienone is 3. The van der Waals surface area contributed by atoms with Crippen LogP contribution in [0.3, 0.4) is 0 Å². The van der Waals surface area contributed by atoms with Crippen molar-refractivity contribution in [3.05, 3.63) is 110 Å². The highest BCUT2D eigenvalue weighted by atomic mass is 32.2. The first-order chi connectivity index (χ1) is 21.5. The SMILES string of the molecule is Cc1ccc(-c2cc(C=C(C#N)C#N)c(-c3ccc(-c4sc(C5=CCC(c6ccccc6)S5)cc4C=C(C#N)C#N)s3)s2)s1. The summed E-state index contributed by atoms with van der Waals surface area (Å²) in [4.78, 5) is 9.81. The van der Waals surface area contributed by atoms with E-state index >= 15 is 0 Å². The molecule has 0 amide bonds. The fraction of sp³-hybridized carbons (Fsp3) is 0.0857. The lowest BCUT2D eigenvalue weighted by Crippen LogP contribution is -1.86. The van der Waals surface area contributed by atoms with Gasteiger partial charge in [0.05, 0.1) is 9.75 Å². The molecule has 0 saturated heterocycles. The van der Waals surface area contributed by atoms with Gasteiger partial charge in [0.25, 0.3) is 0 Å². The van der Waals surface area contributed by atoms with E-state index < -0.39 is 0 Å². The van der Waals surface area contributed by atoms with Crippen molar-refractivity contribution in [2.75, 3.05) is 0 Å². The van der Waals surface area contributed by atoms with Crippen molar-refractivity contribution < 1.29 is 0 Å². The number of aryl methyl sites for hydroxylation is 1. The fourth-order valence-corrected chi connectivity index (χ4v) is 10.6. The number of hydrogen-bond acceptors (Lipinski definition) is 9. The first kappa shape index (κ1) is 29.6. The Bertz CT molecular complexity index is 2110. The van der Waals surface area contributed by atoms with Crippen LogP contribution < -0.4 is 0 Å². The highest BCUT2D eigenvalue weighted by Crippen LogP contribution is 2.52. The van der Waals surface area contributed by atoms with Crippen LogP contribution in [0.2, 0.25) is 0 Å². The molecule has 44 heavy (non-hydrogen) atoms. The Morgan fingerprint density at radius 1 is 0.659 bits per heavy atom. The molecule has 0 saturated carbocycles. The molecular formula is C35H20N4S5. The summed E-state index contributed by atoms with van der Waals surface area (Å²) >= 11 is 8.51. The number of thioether (sulfide) groups is 1. The monoisotopic (exact) mass is 656 g/mol. The van der Waals surface area contributed by atoms with Crippen molar-refractivity contribution in [1.82, 2.24) is 0 Å². The summed E-state index contributed by atoms with van der Waals surface area (Å²) in [6, 6.07) is 31.0. The molecule has 1 atom stereocenters. The standard InChI is InChI=1S/C35H20N4S5/c1-21-7-8-28(40-21)32-15-25(13-22(17-36)18-37)34(43-32)30-11-12-31(42-30)35-26(14-23(19-38)20-39)16-33(44-35)29-10-9-27(41-29)24-5-3-2-4-6-24/h2-8,10-16,27H,9H2,1H3. The second-order valence-corrected chi connectivity index (χ2v) is 15.5. The summed E-state index contributed by atoms with van der Waals surface area (Å²) in [5.41, 5.74) is 3.10. The zero-order chi connectivity index (χ0) is 30.6. The molecule has 0 radical (unpaired) electrons. The smallest absolute Gasteiger partial charge is 0.130 e. The molecule has 5 heterocycles. The van der Waals surface area contributed by atoms with E-state index in [2.05, 4.69) is 73.7 Å². The molecule has 6 rings (SSSR count). The Kier molecular flexibility index (Phi) is 8.78. The van der Waals surface area contributed by atoms with E-state index in [9.17, 15) is 21.0 Å². The zero-order valence-corrected chi connectivity index (χ0v) is 27.3. The van der Waals surface area contributed by atoms with Crippen molar-refractivity contribution in [1.29, 1.82) is 21.0 Å². The molecule has 0 bridgehead atoms. The first-order valence-corrected chi connectivity index (χ1v) is 17.5. The number of nitrogens with zero attached hydrogens (tertiary/aromatic N) is 4. The predicted octanol–water partition coefficient (Wildman–Crippen LogP) is 11.3. The minimum Gasteiger partial charge on any atom is -0.192 e. The summed E-state index contributed by atoms with van der Waals surface area (Å²) in [5, 5.41) is 38.3. The van der Waals surface area contributed by atoms with Crippen LogP contribution in [0.25, 0.3) is 46.3 Å². The maximum atomic E-state index is 9.52. The van der Waals surface area contributed by atoms with Gasteiger partial charge >= 0.3 is 0 Å². The van der Waals surface area contributed by atoms with Crippen molar-refractivity contribution in [3.8, 4) is 53.5 Å². The summed E-state index contributed by atoms with van der Waals surface area (Å²) < 4.78 is 0. The normalized spacial score (nSPS) is 13.7. The molecule has 4 aromatic heterocycles. The third-order valence-electron chi connectivity index (χ3n) is 6.84. The van der Waals surface area contributed by atoms with Gasteiger partial charge < -0.3 is 0 Å². The lowest BCUT2D eigenvalue weighted by molar-refractivity contribution is 0.991. The predicted molar refractivity (Wildman–Crippen MR) is 187 cm³/mol. The molecule has 0 N–H and O–H groups in total. The maximum absolute atomic E-state index is 9.52. The number of thiophene rings is 4. The lowest BCUT2D eigenvalue weighted by atomic mass is 10.1. The van der Waals surface area contributed by atoms with Crippen LogP contribution >= 0.6 is 57.1 Å². The summed E-state index contributed by atoms with van der Waals surface area (Å²) in [6.45, 7) is 2.08. The van der Waals surface area contributed by atoms with Gasteiger partial charge in [0.2, 0.25) is 0 Å². The topological polar surface area (TPSA) is 95.2 Å². The van der Waals surface area contributed by atoms with E-state index in [1.165, 1.54) is 15.3 Å². The molecule has 9 heteroatoms. The van der Waals surface area contributed by atoms with Crippen LogP contribution in [0.5, 0.6) is 0 Å². The van der Waals surface area contributed by atoms with Crippen LogP contribution in [0.1, 0.15) is 38.1 Å². The minimum atomic E-state index is 0.0572. The molecule has 0 spiro atoms. The zero-order valence-electron chi connectivity index (χ0n) is 23.2. The van der Waals surface area contributed by atoms with Gasteiger partial charge in [-0.25, -0.2) is 0 Å². The molecule has 1 aromatic carbocycles. The number of hydrogen-bond donors (Lipinski definition) is 0. The molecule has 0 aliphatic carbocycles. The Hall–Kier alpha value is -4.45. The van der Waals surface area contributed by atoms with E-state index in [1.807, 2.05) is 42.1 Å². The van der Waals surface area contributed by atoms with Gasteiger partial charge in [0, 0.05) is 39.4 Å². The van der Waals surface area contributed by atoms with Gasteiger partial charge in [-0.1, -0.05) is 36.4 Å². The Labute approximate surface area is 276 Å². The van der Waals surface area contributed by atoms with E-state index in [0.717, 1.165) is 51.7 Å². The average Bonchev–Trinajstić information content (AvgIpc) is 3.88. The number of nitriles is 4. The summed E-state index contributed by atoms with van der Waals surface area (Å²) in [5.74, 6) is 0. The van der Waals surface area contributed by atoms with Crippen molar-refractivity contribution in [2.45, 2.75) is 18.6 Å². The second kappa shape index (κ2) is 13.0. The van der Waals surface area contributed by atoms with E-state index in [0.29, 0.717) is 5.25 Å². The molecule has 1 unspecified atom stereocenters. The van der Waals surface area contributed by atoms with Crippen molar-refractivity contribution in [3.63, 3.8) is 0 Å². The highest BCUT2D eigenvalue weighted by molar-refractivity contribution is 8.09.